The number of hydrogen-bond acceptors (Lipinski definition) is 8. The van der Waals surface area contributed by atoms with Crippen molar-refractivity contribution in [2.75, 3.05) is 12.3 Å². The molecule has 0 aliphatic heterocycles. The smallest absolute Gasteiger partial charge is 0.327 e. The number of hydrogen-bond donors (Lipinski definition) is 8. The Kier molecular flexibility index (Phi) is 10.3. The number of carboxylic acid groups (broad SMARTS) is 2. The number of carboxylic acids is 2. The van der Waals surface area contributed by atoms with Crippen molar-refractivity contribution in [3.05, 3.63) is 29.8 Å². The van der Waals surface area contributed by atoms with E-state index in [1.54, 1.807) is 0 Å². The zero-order valence-electron chi connectivity index (χ0n) is 16.3. The molecule has 0 fully saturated rings. The molecule has 1 aromatic carbocycles. The lowest BCUT2D eigenvalue weighted by atomic mass is 10.0. The molecule has 0 heterocycles. The Morgan fingerprint density at radius 3 is 1.94 bits per heavy atom. The number of nitrogens with one attached hydrogen (secondary N) is 3. The zero-order chi connectivity index (χ0) is 23.6. The summed E-state index contributed by atoms with van der Waals surface area (Å²) in [5, 5.41) is 34.2. The maximum Gasteiger partial charge on any atom is 0.327 e. The highest BCUT2D eigenvalue weighted by atomic mass is 32.1. The van der Waals surface area contributed by atoms with E-state index in [9.17, 15) is 29.1 Å². The van der Waals surface area contributed by atoms with E-state index in [-0.39, 0.29) is 17.9 Å². The molecule has 170 valence electrons. The standard InChI is InChI=1S/C18H24N4O8S/c19-7-14(24)20-12(6-15(25)26)17(28)21-11(5-9-1-3-10(23)4-2-9)16(27)22-13(8-31)18(29)30/h1-4,11-13,23,31H,5-8,19H2,(H,20,24)(H,21,28)(H,22,27)(H,25,26)(H,29,30). The molecule has 0 saturated heterocycles. The van der Waals surface area contributed by atoms with Gasteiger partial charge in [-0.25, -0.2) is 4.79 Å². The third kappa shape index (κ3) is 8.92. The van der Waals surface area contributed by atoms with Crippen molar-refractivity contribution in [3.8, 4) is 5.75 Å². The van der Waals surface area contributed by atoms with Gasteiger partial charge in [0.2, 0.25) is 17.7 Å². The van der Waals surface area contributed by atoms with Gasteiger partial charge in [0, 0.05) is 12.2 Å². The Morgan fingerprint density at radius 2 is 1.45 bits per heavy atom. The molecule has 0 spiro atoms. The average molecular weight is 456 g/mol. The number of thiol groups is 1. The molecule has 0 radical (unpaired) electrons. The molecule has 12 nitrogen and oxygen atoms in total. The molecule has 3 amide bonds. The van der Waals surface area contributed by atoms with Crippen molar-refractivity contribution in [1.29, 1.82) is 0 Å². The minimum Gasteiger partial charge on any atom is -0.508 e. The van der Waals surface area contributed by atoms with E-state index < -0.39 is 60.8 Å². The monoisotopic (exact) mass is 456 g/mol. The lowest BCUT2D eigenvalue weighted by molar-refractivity contribution is -0.142. The van der Waals surface area contributed by atoms with Gasteiger partial charge in [0.25, 0.3) is 0 Å². The van der Waals surface area contributed by atoms with E-state index in [0.717, 1.165) is 0 Å². The van der Waals surface area contributed by atoms with Crippen LogP contribution in [0.3, 0.4) is 0 Å². The number of aromatic hydroxyl groups is 1. The van der Waals surface area contributed by atoms with E-state index >= 15 is 0 Å². The number of nitrogens with two attached hydrogens (primary N) is 1. The third-order valence-electron chi connectivity index (χ3n) is 4.02. The van der Waals surface area contributed by atoms with Gasteiger partial charge in [0.15, 0.2) is 0 Å². The summed E-state index contributed by atoms with van der Waals surface area (Å²) in [4.78, 5) is 59.0. The van der Waals surface area contributed by atoms with Gasteiger partial charge < -0.3 is 37.0 Å². The van der Waals surface area contributed by atoms with Crippen LogP contribution < -0.4 is 21.7 Å². The lowest BCUT2D eigenvalue weighted by Crippen LogP contribution is -2.57. The Labute approximate surface area is 182 Å². The molecule has 1 aromatic rings. The van der Waals surface area contributed by atoms with Crippen molar-refractivity contribution < 1.29 is 39.3 Å². The third-order valence-corrected chi connectivity index (χ3v) is 4.39. The van der Waals surface area contributed by atoms with Gasteiger partial charge in [-0.15, -0.1) is 0 Å². The summed E-state index contributed by atoms with van der Waals surface area (Å²) in [6.45, 7) is -0.483. The fraction of sp³-hybridized carbons (Fsp3) is 0.389. The molecule has 0 aliphatic carbocycles. The van der Waals surface area contributed by atoms with Crippen LogP contribution in [0.15, 0.2) is 24.3 Å². The van der Waals surface area contributed by atoms with Crippen LogP contribution in [-0.4, -0.2) is 75.4 Å². The van der Waals surface area contributed by atoms with Gasteiger partial charge in [-0.2, -0.15) is 12.6 Å². The average Bonchev–Trinajstić information content (AvgIpc) is 2.71. The number of rotatable bonds is 12. The van der Waals surface area contributed by atoms with Gasteiger partial charge in [-0.05, 0) is 17.7 Å². The van der Waals surface area contributed by atoms with Gasteiger partial charge >= 0.3 is 11.9 Å². The number of aliphatic carboxylic acids is 2. The fourth-order valence-corrected chi connectivity index (χ4v) is 2.69. The summed E-state index contributed by atoms with van der Waals surface area (Å²) in [5.74, 6) is -5.56. The lowest BCUT2D eigenvalue weighted by Gasteiger charge is -2.23. The molecule has 3 atom stereocenters. The molecular weight excluding hydrogens is 432 g/mol. The Hall–Kier alpha value is -3.32. The normalized spacial score (nSPS) is 13.4. The molecule has 0 saturated carbocycles. The highest BCUT2D eigenvalue weighted by molar-refractivity contribution is 7.80. The van der Waals surface area contributed by atoms with E-state index in [4.69, 9.17) is 15.9 Å². The summed E-state index contributed by atoms with van der Waals surface area (Å²) in [7, 11) is 0. The molecule has 8 N–H and O–H groups in total. The van der Waals surface area contributed by atoms with Crippen LogP contribution in [0.1, 0.15) is 12.0 Å². The maximum atomic E-state index is 12.7. The predicted molar refractivity (Wildman–Crippen MR) is 110 cm³/mol. The topological polar surface area (TPSA) is 208 Å². The second kappa shape index (κ2) is 12.4. The zero-order valence-corrected chi connectivity index (χ0v) is 17.2. The summed E-state index contributed by atoms with van der Waals surface area (Å²) in [6, 6.07) is 1.53. The van der Waals surface area contributed by atoms with Crippen molar-refractivity contribution in [2.45, 2.75) is 31.0 Å². The second-order valence-corrected chi connectivity index (χ2v) is 6.80. The number of carbonyl (C=O) groups excluding carboxylic acids is 3. The quantitative estimate of drug-likeness (QED) is 0.161. The number of amides is 3. The molecule has 1 rings (SSSR count). The molecule has 0 aliphatic rings. The summed E-state index contributed by atoms with van der Waals surface area (Å²) in [6.07, 6.45) is -0.874. The van der Waals surface area contributed by atoms with Crippen LogP contribution in [0.5, 0.6) is 5.75 Å². The van der Waals surface area contributed by atoms with Crippen LogP contribution in [0.2, 0.25) is 0 Å². The fourth-order valence-electron chi connectivity index (χ4n) is 2.44. The van der Waals surface area contributed by atoms with Gasteiger partial charge in [-0.1, -0.05) is 12.1 Å². The maximum absolute atomic E-state index is 12.7. The van der Waals surface area contributed by atoms with Gasteiger partial charge in [-0.3, -0.25) is 19.2 Å². The first kappa shape index (κ1) is 25.7. The molecule has 0 bridgehead atoms. The first-order chi connectivity index (χ1) is 14.6. The Bertz CT molecular complexity index is 817. The van der Waals surface area contributed by atoms with Crippen LogP contribution in [-0.2, 0) is 30.4 Å². The summed E-state index contributed by atoms with van der Waals surface area (Å²) >= 11 is 3.86. The van der Waals surface area contributed by atoms with Crippen molar-refractivity contribution in [1.82, 2.24) is 16.0 Å². The van der Waals surface area contributed by atoms with Gasteiger partial charge in [0.05, 0.1) is 13.0 Å². The minimum atomic E-state index is -1.51. The second-order valence-electron chi connectivity index (χ2n) is 6.44. The van der Waals surface area contributed by atoms with Crippen LogP contribution >= 0.6 is 12.6 Å². The number of benzene rings is 1. The first-order valence-electron chi connectivity index (χ1n) is 9.00. The van der Waals surface area contributed by atoms with Crippen molar-refractivity contribution in [2.24, 2.45) is 5.73 Å². The Morgan fingerprint density at radius 1 is 0.903 bits per heavy atom. The van der Waals surface area contributed by atoms with Crippen molar-refractivity contribution >= 4 is 42.3 Å². The van der Waals surface area contributed by atoms with E-state index in [1.165, 1.54) is 24.3 Å². The Balaban J connectivity index is 3.09. The van der Waals surface area contributed by atoms with Crippen LogP contribution in [0, 0.1) is 0 Å². The first-order valence-corrected chi connectivity index (χ1v) is 9.64. The summed E-state index contributed by atoms with van der Waals surface area (Å²) in [5.41, 5.74) is 5.69. The number of phenolic OH excluding ortho intramolecular Hbond substituents is 1. The molecule has 13 heteroatoms. The molecular formula is C18H24N4O8S. The van der Waals surface area contributed by atoms with E-state index in [2.05, 4.69) is 28.6 Å². The van der Waals surface area contributed by atoms with Crippen LogP contribution in [0.25, 0.3) is 0 Å². The highest BCUT2D eigenvalue weighted by Crippen LogP contribution is 2.12. The van der Waals surface area contributed by atoms with Crippen LogP contribution in [0.4, 0.5) is 0 Å². The highest BCUT2D eigenvalue weighted by Gasteiger charge is 2.30. The number of phenols is 1. The number of carbonyl (C=O) groups is 5. The molecule has 31 heavy (non-hydrogen) atoms. The predicted octanol–water partition coefficient (Wildman–Crippen LogP) is -2.16. The van der Waals surface area contributed by atoms with Crippen molar-refractivity contribution in [3.63, 3.8) is 0 Å². The van der Waals surface area contributed by atoms with Gasteiger partial charge in [0.1, 0.15) is 23.9 Å². The molecule has 0 aromatic heterocycles. The largest absolute Gasteiger partial charge is 0.508 e. The summed E-state index contributed by atoms with van der Waals surface area (Å²) < 4.78 is 0. The van der Waals surface area contributed by atoms with E-state index in [0.29, 0.717) is 5.56 Å². The van der Waals surface area contributed by atoms with E-state index in [1.807, 2.05) is 0 Å². The molecule has 3 unspecified atom stereocenters. The minimum absolute atomic E-state index is 0.0270. The SMILES string of the molecule is NCC(=O)NC(CC(=O)O)C(=O)NC(Cc1ccc(O)cc1)C(=O)NC(CS)C(=O)O.